The fourth-order valence-electron chi connectivity index (χ4n) is 2.24. The second-order valence-corrected chi connectivity index (χ2v) is 7.51. The Balaban J connectivity index is 2.23. The predicted octanol–water partition coefficient (Wildman–Crippen LogP) is 1.93. The van der Waals surface area contributed by atoms with Gasteiger partial charge in [0.05, 0.1) is 5.75 Å². The summed E-state index contributed by atoms with van der Waals surface area (Å²) in [6, 6.07) is 5.42. The second-order valence-electron chi connectivity index (χ2n) is 5.11. The van der Waals surface area contributed by atoms with Gasteiger partial charge in [-0.2, -0.15) is 0 Å². The third-order valence-corrected chi connectivity index (χ3v) is 5.19. The minimum absolute atomic E-state index is 0.100. The van der Waals surface area contributed by atoms with Crippen molar-refractivity contribution in [3.63, 3.8) is 0 Å². The molecule has 5 nitrogen and oxygen atoms in total. The summed E-state index contributed by atoms with van der Waals surface area (Å²) in [5.41, 5.74) is 0.921. The number of hydrogen-bond acceptors (Lipinski definition) is 5. The van der Waals surface area contributed by atoms with Gasteiger partial charge < -0.3 is 14.8 Å². The summed E-state index contributed by atoms with van der Waals surface area (Å²) in [4.78, 5) is 0. The maximum Gasteiger partial charge on any atom is 0.161 e. The van der Waals surface area contributed by atoms with E-state index in [9.17, 15) is 8.42 Å². The highest BCUT2D eigenvalue weighted by atomic mass is 32.2. The van der Waals surface area contributed by atoms with Crippen molar-refractivity contribution < 1.29 is 17.9 Å². The molecule has 0 saturated carbocycles. The van der Waals surface area contributed by atoms with Crippen LogP contribution in [0, 0.1) is 0 Å². The molecule has 2 rings (SSSR count). The number of rotatable bonds is 7. The molecule has 0 saturated heterocycles. The van der Waals surface area contributed by atoms with E-state index in [0.717, 1.165) is 24.3 Å². The average molecular weight is 313 g/mol. The van der Waals surface area contributed by atoms with Gasteiger partial charge in [-0.15, -0.1) is 0 Å². The highest BCUT2D eigenvalue weighted by Crippen LogP contribution is 2.33. The van der Waals surface area contributed by atoms with E-state index < -0.39 is 9.84 Å². The van der Waals surface area contributed by atoms with Crippen LogP contribution in [0.5, 0.6) is 11.5 Å². The van der Waals surface area contributed by atoms with Gasteiger partial charge in [0.25, 0.3) is 0 Å². The summed E-state index contributed by atoms with van der Waals surface area (Å²) in [5, 5.41) is 3.31. The minimum Gasteiger partial charge on any atom is -0.486 e. The lowest BCUT2D eigenvalue weighted by molar-refractivity contribution is 0.171. The third kappa shape index (κ3) is 4.35. The van der Waals surface area contributed by atoms with Crippen LogP contribution in [0.4, 0.5) is 0 Å². The molecule has 1 aromatic carbocycles. The van der Waals surface area contributed by atoms with E-state index in [1.165, 1.54) is 0 Å². The van der Waals surface area contributed by atoms with E-state index in [1.807, 2.05) is 18.2 Å². The van der Waals surface area contributed by atoms with Crippen molar-refractivity contribution in [2.45, 2.75) is 26.3 Å². The SMILES string of the molecule is CCCNC(CS(=O)(=O)CC)c1ccc2c(c1)OCCO2. The lowest BCUT2D eigenvalue weighted by Gasteiger charge is -2.23. The fraction of sp³-hybridized carbons (Fsp3) is 0.600. The topological polar surface area (TPSA) is 64.6 Å². The van der Waals surface area contributed by atoms with Gasteiger partial charge >= 0.3 is 0 Å². The zero-order valence-electron chi connectivity index (χ0n) is 12.6. The van der Waals surface area contributed by atoms with Crippen molar-refractivity contribution in [1.29, 1.82) is 0 Å². The molecule has 0 bridgehead atoms. The molecule has 1 heterocycles. The monoisotopic (exact) mass is 313 g/mol. The molecule has 1 aliphatic heterocycles. The van der Waals surface area contributed by atoms with Crippen LogP contribution in [0.2, 0.25) is 0 Å². The molecule has 0 aromatic heterocycles. The van der Waals surface area contributed by atoms with Gasteiger partial charge in [0.15, 0.2) is 21.3 Å². The lowest BCUT2D eigenvalue weighted by Crippen LogP contribution is -2.29. The molecule has 1 atom stereocenters. The molecular formula is C15H23NO4S. The van der Waals surface area contributed by atoms with Crippen LogP contribution in [0.25, 0.3) is 0 Å². The molecule has 0 radical (unpaired) electrons. The van der Waals surface area contributed by atoms with Crippen molar-refractivity contribution >= 4 is 9.84 Å². The van der Waals surface area contributed by atoms with E-state index in [0.29, 0.717) is 19.0 Å². The fourth-order valence-corrected chi connectivity index (χ4v) is 3.29. The van der Waals surface area contributed by atoms with Crippen molar-refractivity contribution in [3.05, 3.63) is 23.8 Å². The number of benzene rings is 1. The Hall–Kier alpha value is -1.27. The Morgan fingerprint density at radius 2 is 1.90 bits per heavy atom. The zero-order chi connectivity index (χ0) is 15.3. The van der Waals surface area contributed by atoms with Crippen LogP contribution in [-0.4, -0.2) is 39.7 Å². The van der Waals surface area contributed by atoms with Crippen LogP contribution in [0.15, 0.2) is 18.2 Å². The summed E-state index contributed by atoms with van der Waals surface area (Å²) in [6.07, 6.45) is 0.952. The van der Waals surface area contributed by atoms with Crippen molar-refractivity contribution in [2.75, 3.05) is 31.3 Å². The summed E-state index contributed by atoms with van der Waals surface area (Å²) in [6.45, 7) is 5.58. The second kappa shape index (κ2) is 7.13. The third-order valence-electron chi connectivity index (χ3n) is 3.47. The Kier molecular flexibility index (Phi) is 5.47. The molecule has 118 valence electrons. The van der Waals surface area contributed by atoms with Gasteiger partial charge in [-0.25, -0.2) is 8.42 Å². The lowest BCUT2D eigenvalue weighted by atomic mass is 10.1. The van der Waals surface area contributed by atoms with E-state index in [1.54, 1.807) is 6.92 Å². The smallest absolute Gasteiger partial charge is 0.161 e. The molecule has 1 aliphatic rings. The Morgan fingerprint density at radius 1 is 1.19 bits per heavy atom. The molecule has 1 N–H and O–H groups in total. The average Bonchev–Trinajstić information content (AvgIpc) is 2.51. The Labute approximate surface area is 126 Å². The van der Waals surface area contributed by atoms with Gasteiger partial charge in [0.2, 0.25) is 0 Å². The molecule has 6 heteroatoms. The first-order chi connectivity index (χ1) is 10.1. The first-order valence-corrected chi connectivity index (χ1v) is 9.21. The number of ether oxygens (including phenoxy) is 2. The van der Waals surface area contributed by atoms with Crippen LogP contribution >= 0.6 is 0 Å². The van der Waals surface area contributed by atoms with Crippen LogP contribution in [-0.2, 0) is 9.84 Å². The van der Waals surface area contributed by atoms with E-state index in [-0.39, 0.29) is 17.5 Å². The van der Waals surface area contributed by atoms with Crippen LogP contribution < -0.4 is 14.8 Å². The number of nitrogens with one attached hydrogen (secondary N) is 1. The van der Waals surface area contributed by atoms with Gasteiger partial charge in [-0.1, -0.05) is 19.9 Å². The van der Waals surface area contributed by atoms with Gasteiger partial charge in [-0.05, 0) is 30.7 Å². The van der Waals surface area contributed by atoms with Crippen molar-refractivity contribution in [1.82, 2.24) is 5.32 Å². The molecule has 0 spiro atoms. The zero-order valence-corrected chi connectivity index (χ0v) is 13.4. The highest BCUT2D eigenvalue weighted by Gasteiger charge is 2.21. The Morgan fingerprint density at radius 3 is 2.57 bits per heavy atom. The molecule has 0 aliphatic carbocycles. The summed E-state index contributed by atoms with van der Waals surface area (Å²) >= 11 is 0. The maximum absolute atomic E-state index is 11.9. The Bertz CT molecular complexity index is 571. The minimum atomic E-state index is -3.05. The number of hydrogen-bond donors (Lipinski definition) is 1. The summed E-state index contributed by atoms with van der Waals surface area (Å²) in [7, 11) is -3.05. The van der Waals surface area contributed by atoms with Crippen molar-refractivity contribution in [2.24, 2.45) is 0 Å². The van der Waals surface area contributed by atoms with Gasteiger partial charge in [0, 0.05) is 11.8 Å². The maximum atomic E-state index is 11.9. The molecule has 21 heavy (non-hydrogen) atoms. The normalized spacial score (nSPS) is 15.7. The van der Waals surface area contributed by atoms with E-state index in [2.05, 4.69) is 12.2 Å². The number of fused-ring (bicyclic) bond motifs is 1. The van der Waals surface area contributed by atoms with E-state index in [4.69, 9.17) is 9.47 Å². The largest absolute Gasteiger partial charge is 0.486 e. The first kappa shape index (κ1) is 16.1. The highest BCUT2D eigenvalue weighted by molar-refractivity contribution is 7.91. The first-order valence-electron chi connectivity index (χ1n) is 7.39. The standard InChI is InChI=1S/C15H23NO4S/c1-3-7-16-13(11-21(17,18)4-2)12-5-6-14-15(10-12)20-9-8-19-14/h5-6,10,13,16H,3-4,7-9,11H2,1-2H3. The van der Waals surface area contributed by atoms with Crippen LogP contribution in [0.1, 0.15) is 31.9 Å². The van der Waals surface area contributed by atoms with Gasteiger partial charge in [-0.3, -0.25) is 0 Å². The molecule has 1 aromatic rings. The van der Waals surface area contributed by atoms with Crippen LogP contribution in [0.3, 0.4) is 0 Å². The molecule has 0 fully saturated rings. The molecule has 1 unspecified atom stereocenters. The van der Waals surface area contributed by atoms with E-state index >= 15 is 0 Å². The summed E-state index contributed by atoms with van der Waals surface area (Å²) < 4.78 is 34.9. The summed E-state index contributed by atoms with van der Waals surface area (Å²) in [5.74, 6) is 1.67. The number of sulfone groups is 1. The molecular weight excluding hydrogens is 290 g/mol. The quantitative estimate of drug-likeness (QED) is 0.833. The van der Waals surface area contributed by atoms with Crippen molar-refractivity contribution in [3.8, 4) is 11.5 Å². The predicted molar refractivity (Wildman–Crippen MR) is 82.8 cm³/mol. The van der Waals surface area contributed by atoms with Gasteiger partial charge in [0.1, 0.15) is 13.2 Å². The molecule has 0 amide bonds.